The van der Waals surface area contributed by atoms with Crippen molar-refractivity contribution >= 4 is 48.0 Å². The first-order valence-corrected chi connectivity index (χ1v) is 7.86. The molecule has 3 heterocycles. The number of aromatic nitrogens is 2. The Morgan fingerprint density at radius 3 is 2.40 bits per heavy atom. The molecule has 0 radical (unpaired) electrons. The van der Waals surface area contributed by atoms with Crippen LogP contribution in [0.5, 0.6) is 0 Å². The van der Waals surface area contributed by atoms with Crippen molar-refractivity contribution in [3.05, 3.63) is 42.2 Å². The highest BCUT2D eigenvalue weighted by Crippen LogP contribution is 2.21. The van der Waals surface area contributed by atoms with Gasteiger partial charge >= 0.3 is 0 Å². The molecule has 1 aliphatic rings. The molecule has 3 N–H and O–H groups in total. The monoisotopic (exact) mass is 383 g/mol. The molecule has 0 atom stereocenters. The van der Waals surface area contributed by atoms with Crippen LogP contribution in [0.1, 0.15) is 30.1 Å². The van der Waals surface area contributed by atoms with Crippen LogP contribution in [0.3, 0.4) is 0 Å². The van der Waals surface area contributed by atoms with Crippen molar-refractivity contribution in [1.82, 2.24) is 9.97 Å². The first kappa shape index (κ1) is 21.0. The second-order valence-electron chi connectivity index (χ2n) is 6.00. The van der Waals surface area contributed by atoms with Gasteiger partial charge in [0.15, 0.2) is 0 Å². The van der Waals surface area contributed by atoms with Gasteiger partial charge in [0.2, 0.25) is 0 Å². The highest BCUT2D eigenvalue weighted by Gasteiger charge is 2.17. The summed E-state index contributed by atoms with van der Waals surface area (Å²) in [5, 5.41) is 2.78. The zero-order valence-corrected chi connectivity index (χ0v) is 15.6. The van der Waals surface area contributed by atoms with E-state index >= 15 is 0 Å². The number of nitrogens with zero attached hydrogens (tertiary/aromatic N) is 3. The van der Waals surface area contributed by atoms with E-state index in [0.29, 0.717) is 17.1 Å². The van der Waals surface area contributed by atoms with Gasteiger partial charge in [-0.2, -0.15) is 0 Å². The lowest BCUT2D eigenvalue weighted by Crippen LogP contribution is -2.33. The summed E-state index contributed by atoms with van der Waals surface area (Å²) in [6.45, 7) is 4.33. The molecule has 3 rings (SSSR count). The fourth-order valence-corrected chi connectivity index (χ4v) is 2.63. The summed E-state index contributed by atoms with van der Waals surface area (Å²) in [4.78, 5) is 22.9. The summed E-state index contributed by atoms with van der Waals surface area (Å²) in [6, 6.07) is 7.08. The van der Waals surface area contributed by atoms with Gasteiger partial charge in [0.25, 0.3) is 5.91 Å². The van der Waals surface area contributed by atoms with Gasteiger partial charge in [-0.25, -0.2) is 9.97 Å². The number of hydrogen-bond donors (Lipinski definition) is 2. The number of rotatable bonds is 3. The van der Waals surface area contributed by atoms with Gasteiger partial charge in [-0.05, 0) is 43.0 Å². The van der Waals surface area contributed by atoms with Crippen LogP contribution in [-0.4, -0.2) is 29.0 Å². The Bertz CT molecular complexity index is 670. The Kier molecular flexibility index (Phi) is 7.93. The molecular weight excluding hydrogens is 361 g/mol. The second kappa shape index (κ2) is 9.44. The second-order valence-corrected chi connectivity index (χ2v) is 6.00. The number of hydrogen-bond acceptors (Lipinski definition) is 5. The van der Waals surface area contributed by atoms with Crippen LogP contribution in [0.4, 0.5) is 17.3 Å². The molecule has 136 valence electrons. The molecular formula is C17H23Cl2N5O. The minimum Gasteiger partial charge on any atom is -0.384 e. The maximum atomic E-state index is 12.2. The number of piperidine rings is 1. The molecule has 0 aromatic carbocycles. The molecule has 25 heavy (non-hydrogen) atoms. The number of amides is 1. The van der Waals surface area contributed by atoms with E-state index in [0.717, 1.165) is 24.8 Å². The summed E-state index contributed by atoms with van der Waals surface area (Å²) in [5.74, 6) is 1.93. The van der Waals surface area contributed by atoms with Crippen molar-refractivity contribution in [2.45, 2.75) is 19.8 Å². The molecule has 0 aliphatic carbocycles. The average molecular weight is 384 g/mol. The highest BCUT2D eigenvalue weighted by molar-refractivity contribution is 6.04. The number of carbonyl (C=O) groups excluding carboxylic acids is 1. The quantitative estimate of drug-likeness (QED) is 0.848. The fourth-order valence-electron chi connectivity index (χ4n) is 2.63. The van der Waals surface area contributed by atoms with E-state index in [4.69, 9.17) is 5.73 Å². The van der Waals surface area contributed by atoms with Crippen molar-refractivity contribution in [3.8, 4) is 0 Å². The Hall–Kier alpha value is -2.05. The SMILES string of the molecule is CC1CCN(c2ccc(C(=O)Nc3ccc(N)nc3)cn2)CC1.Cl.Cl. The van der Waals surface area contributed by atoms with Crippen molar-refractivity contribution in [1.29, 1.82) is 0 Å². The van der Waals surface area contributed by atoms with E-state index in [1.807, 2.05) is 6.07 Å². The van der Waals surface area contributed by atoms with Crippen molar-refractivity contribution < 1.29 is 4.79 Å². The number of halogens is 2. The molecule has 1 aliphatic heterocycles. The number of nitrogen functional groups attached to an aromatic ring is 1. The lowest BCUT2D eigenvalue weighted by molar-refractivity contribution is 0.102. The standard InChI is InChI=1S/C17H21N5O.2ClH/c1-12-6-8-22(9-7-12)16-5-2-13(10-20-16)17(23)21-14-3-4-15(18)19-11-14;;/h2-5,10-12H,6-9H2,1H3,(H2,18,19)(H,21,23);2*1H. The molecule has 0 saturated carbocycles. The van der Waals surface area contributed by atoms with Crippen molar-refractivity contribution in [2.24, 2.45) is 5.92 Å². The van der Waals surface area contributed by atoms with Crippen LogP contribution in [-0.2, 0) is 0 Å². The van der Waals surface area contributed by atoms with E-state index in [2.05, 4.69) is 27.1 Å². The van der Waals surface area contributed by atoms with Gasteiger partial charge < -0.3 is 16.0 Å². The predicted octanol–water partition coefficient (Wildman–Crippen LogP) is 3.39. The Balaban J connectivity index is 0.00000156. The van der Waals surface area contributed by atoms with Crippen LogP contribution in [0, 0.1) is 5.92 Å². The Morgan fingerprint density at radius 1 is 1.12 bits per heavy atom. The first-order valence-electron chi connectivity index (χ1n) is 7.86. The fraction of sp³-hybridized carbons (Fsp3) is 0.353. The Labute approximate surface area is 160 Å². The summed E-state index contributed by atoms with van der Waals surface area (Å²) >= 11 is 0. The smallest absolute Gasteiger partial charge is 0.257 e. The van der Waals surface area contributed by atoms with Crippen LogP contribution in [0.25, 0.3) is 0 Å². The topological polar surface area (TPSA) is 84.1 Å². The number of nitrogens with two attached hydrogens (primary N) is 1. The largest absolute Gasteiger partial charge is 0.384 e. The molecule has 0 bridgehead atoms. The minimum absolute atomic E-state index is 0. The number of pyridine rings is 2. The van der Waals surface area contributed by atoms with Crippen LogP contribution < -0.4 is 16.0 Å². The van der Waals surface area contributed by atoms with E-state index in [9.17, 15) is 4.79 Å². The highest BCUT2D eigenvalue weighted by atomic mass is 35.5. The average Bonchev–Trinajstić information content (AvgIpc) is 2.58. The molecule has 2 aromatic heterocycles. The third kappa shape index (κ3) is 5.47. The summed E-state index contributed by atoms with van der Waals surface area (Å²) < 4.78 is 0. The number of carbonyl (C=O) groups is 1. The normalized spacial score (nSPS) is 14.2. The third-order valence-electron chi connectivity index (χ3n) is 4.16. The molecule has 0 unspecified atom stereocenters. The van der Waals surface area contributed by atoms with Gasteiger partial charge in [-0.3, -0.25) is 4.79 Å². The molecule has 0 spiro atoms. The van der Waals surface area contributed by atoms with Gasteiger partial charge in [-0.15, -0.1) is 24.8 Å². The molecule has 1 fully saturated rings. The number of nitrogens with one attached hydrogen (secondary N) is 1. The Morgan fingerprint density at radius 2 is 1.84 bits per heavy atom. The van der Waals surface area contributed by atoms with Gasteiger partial charge in [-0.1, -0.05) is 6.92 Å². The van der Waals surface area contributed by atoms with E-state index in [1.165, 1.54) is 19.0 Å². The van der Waals surface area contributed by atoms with E-state index in [1.54, 1.807) is 24.4 Å². The summed E-state index contributed by atoms with van der Waals surface area (Å²) in [5.41, 5.74) is 6.66. The molecule has 1 amide bonds. The van der Waals surface area contributed by atoms with Crippen molar-refractivity contribution in [3.63, 3.8) is 0 Å². The third-order valence-corrected chi connectivity index (χ3v) is 4.16. The molecule has 8 heteroatoms. The molecule has 2 aromatic rings. The minimum atomic E-state index is -0.206. The van der Waals surface area contributed by atoms with Crippen LogP contribution in [0.15, 0.2) is 36.7 Å². The number of anilines is 3. The zero-order valence-electron chi connectivity index (χ0n) is 14.0. The summed E-state index contributed by atoms with van der Waals surface area (Å²) in [6.07, 6.45) is 5.53. The lowest BCUT2D eigenvalue weighted by atomic mass is 9.99. The molecule has 6 nitrogen and oxygen atoms in total. The maximum Gasteiger partial charge on any atom is 0.257 e. The molecule has 1 saturated heterocycles. The van der Waals surface area contributed by atoms with Crippen LogP contribution in [0.2, 0.25) is 0 Å². The van der Waals surface area contributed by atoms with Gasteiger partial charge in [0.1, 0.15) is 11.6 Å². The lowest BCUT2D eigenvalue weighted by Gasteiger charge is -2.31. The van der Waals surface area contributed by atoms with E-state index < -0.39 is 0 Å². The van der Waals surface area contributed by atoms with Gasteiger partial charge in [0, 0.05) is 19.3 Å². The van der Waals surface area contributed by atoms with Gasteiger partial charge in [0.05, 0.1) is 17.4 Å². The van der Waals surface area contributed by atoms with Crippen LogP contribution >= 0.6 is 24.8 Å². The van der Waals surface area contributed by atoms with E-state index in [-0.39, 0.29) is 30.7 Å². The maximum absolute atomic E-state index is 12.2. The first-order chi connectivity index (χ1) is 11.1. The zero-order chi connectivity index (χ0) is 16.2. The predicted molar refractivity (Wildman–Crippen MR) is 106 cm³/mol. The summed E-state index contributed by atoms with van der Waals surface area (Å²) in [7, 11) is 0. The van der Waals surface area contributed by atoms with Crippen molar-refractivity contribution in [2.75, 3.05) is 29.0 Å².